The minimum atomic E-state index is -5.27. The number of aliphatic hydroxyl groups is 2. The maximum absolute atomic E-state index is 13.8. The quantitative estimate of drug-likeness (QED) is 0.00545. The molecule has 3 unspecified atom stereocenters. The molecule has 1 aliphatic heterocycles. The van der Waals surface area contributed by atoms with Crippen LogP contribution in [0.25, 0.3) is 33.4 Å². The van der Waals surface area contributed by atoms with Crippen LogP contribution in [-0.2, 0) is 26.0 Å². The molecule has 5 N–H and O–H groups in total. The Balaban J connectivity index is 0.00000608. The summed E-state index contributed by atoms with van der Waals surface area (Å²) in [6, 6.07) is 27.3. The Morgan fingerprint density at radius 2 is 1.47 bits per heavy atom. The zero-order chi connectivity index (χ0) is 52.9. The molecule has 3 atom stereocenters. The first-order valence-corrected chi connectivity index (χ1v) is 27.0. The van der Waals surface area contributed by atoms with E-state index >= 15 is 0 Å². The normalized spacial score (nSPS) is 13.1. The summed E-state index contributed by atoms with van der Waals surface area (Å²) in [4.78, 5) is 6.69. The molecule has 2 aliphatic rings. The fraction of sp³-hybridized carbons (Fsp3) is 0.385. The maximum Gasteiger partial charge on any atom is 1.00 e. The molecule has 19 nitrogen and oxygen atoms in total. The second-order valence-electron chi connectivity index (χ2n) is 16.9. The van der Waals surface area contributed by atoms with Gasteiger partial charge in [-0.05, 0) is 98.3 Å². The van der Waals surface area contributed by atoms with Gasteiger partial charge in [-0.3, -0.25) is 9.55 Å². The van der Waals surface area contributed by atoms with Crippen LogP contribution < -0.4 is 109 Å². The molecule has 23 heteroatoms. The number of methoxy groups -OCH3 is 2. The van der Waals surface area contributed by atoms with Crippen molar-refractivity contribution in [3.63, 3.8) is 0 Å². The molecule has 75 heavy (non-hydrogen) atoms. The van der Waals surface area contributed by atoms with E-state index in [0.717, 1.165) is 70.6 Å². The summed E-state index contributed by atoms with van der Waals surface area (Å²) in [6.45, 7) is 13.4. The van der Waals surface area contributed by atoms with Crippen LogP contribution in [-0.4, -0.2) is 134 Å². The van der Waals surface area contributed by atoms with Crippen molar-refractivity contribution in [3.8, 4) is 45.4 Å². The van der Waals surface area contributed by atoms with Crippen molar-refractivity contribution in [1.29, 1.82) is 0 Å². The van der Waals surface area contributed by atoms with Crippen molar-refractivity contribution in [1.82, 2.24) is 15.2 Å². The summed E-state index contributed by atoms with van der Waals surface area (Å²) < 4.78 is 99.7. The van der Waals surface area contributed by atoms with Gasteiger partial charge in [-0.1, -0.05) is 36.4 Å². The van der Waals surface area contributed by atoms with Crippen LogP contribution in [0.4, 0.5) is 5.69 Å². The van der Waals surface area contributed by atoms with E-state index in [0.29, 0.717) is 25.2 Å². The van der Waals surface area contributed by atoms with Crippen LogP contribution >= 0.6 is 0 Å². The predicted molar refractivity (Wildman–Crippen MR) is 277 cm³/mol. The largest absolute Gasteiger partial charge is 1.00 e. The van der Waals surface area contributed by atoms with E-state index in [1.54, 1.807) is 6.07 Å². The number of ether oxygens (including phenoxy) is 4. The zero-order valence-electron chi connectivity index (χ0n) is 43.7. The van der Waals surface area contributed by atoms with Gasteiger partial charge in [-0.25, -0.2) is 13.0 Å². The summed E-state index contributed by atoms with van der Waals surface area (Å²) in [6.07, 6.45) is -3.25. The molecule has 0 bridgehead atoms. The second-order valence-corrected chi connectivity index (χ2v) is 19.8. The minimum absolute atomic E-state index is 0. The second kappa shape index (κ2) is 29.4. The average Bonchev–Trinajstić information content (AvgIpc) is 3.36. The van der Waals surface area contributed by atoms with Gasteiger partial charge in [-0.2, -0.15) is 8.42 Å². The maximum atomic E-state index is 13.8. The van der Waals surface area contributed by atoms with Gasteiger partial charge in [-0.15, -0.1) is 0 Å². The van der Waals surface area contributed by atoms with Gasteiger partial charge in [0.05, 0.1) is 26.8 Å². The Kier molecular flexibility index (Phi) is 24.8. The van der Waals surface area contributed by atoms with Crippen LogP contribution in [0.5, 0.6) is 23.0 Å². The van der Waals surface area contributed by atoms with E-state index in [-0.39, 0.29) is 119 Å². The van der Waals surface area contributed by atoms with Gasteiger partial charge in [0, 0.05) is 73.6 Å². The molecular weight excluding hydrogens is 1030 g/mol. The summed E-state index contributed by atoms with van der Waals surface area (Å²) in [5.41, 5.74) is 4.72. The molecule has 1 aliphatic carbocycles. The number of benzene rings is 5. The monoisotopic (exact) mass is 1090 g/mol. The zero-order valence-corrected chi connectivity index (χ0v) is 49.4. The molecule has 1 heterocycles. The third kappa shape index (κ3) is 16.8. The average molecular weight is 1090 g/mol. The summed E-state index contributed by atoms with van der Waals surface area (Å²) in [7, 11) is -7.17. The summed E-state index contributed by atoms with van der Waals surface area (Å²) >= 11 is 0. The van der Waals surface area contributed by atoms with E-state index in [1.165, 1.54) is 50.6 Å². The Hall–Kier alpha value is -4.30. The van der Waals surface area contributed by atoms with Crippen molar-refractivity contribution in [2.45, 2.75) is 51.1 Å². The SMILES string of the molecule is CCN(CC)c1ccc2c(-c3ccccc3C([O-])=NCCNCCNCC(O)COc3ccc(C(C(O)Oc4ccc(CS(=O)(=O)O)cc4OC)S(=O)(=O)[O-])cc3OC)c3ccc(=[N+](CC)CC)cc-3oc2c1.[Na+].[Na+]. The van der Waals surface area contributed by atoms with Crippen molar-refractivity contribution in [3.05, 3.63) is 119 Å². The van der Waals surface area contributed by atoms with Crippen molar-refractivity contribution in [2.24, 2.45) is 4.99 Å². The standard InChI is InChI=1S/C52H65N5O14S2.2Na/c1-7-56(8-2)36-17-19-41-45(29-36)70-46-30-37(57(9-3)10-4)18-20-42(46)49(41)39-13-11-12-14-40(39)51(59)55-26-25-53-23-24-54-31-38(58)32-69-43-22-16-35(28-48(43)68-6)50(73(64,65)66)52(60)71-44-21-15-34(27-47(44)67-5)33-72(61,62)63;;/h11-22,27-30,38,50,52-54,58,60H,7-10,23-26,31-33H2,1-6H3,(H2-,55,59,61,62,63,64,65,66);;/q;2*+1/p-1. The van der Waals surface area contributed by atoms with Crippen molar-refractivity contribution in [2.75, 3.05) is 84.6 Å². The van der Waals surface area contributed by atoms with Crippen molar-refractivity contribution >= 4 is 42.8 Å². The van der Waals surface area contributed by atoms with Gasteiger partial charge in [0.15, 0.2) is 23.0 Å². The van der Waals surface area contributed by atoms with Gasteiger partial charge in [0.25, 0.3) is 10.1 Å². The molecule has 0 saturated heterocycles. The molecule has 4 aromatic carbocycles. The molecular formula is C52H64N5Na2O14S2+. The third-order valence-electron chi connectivity index (χ3n) is 12.1. The number of hydrogen-bond acceptors (Lipinski definition) is 17. The molecule has 0 saturated carbocycles. The number of anilines is 1. The van der Waals surface area contributed by atoms with Crippen LogP contribution in [0, 0.1) is 0 Å². The molecule has 0 amide bonds. The molecule has 0 fully saturated rings. The Morgan fingerprint density at radius 1 is 0.787 bits per heavy atom. The first kappa shape index (κ1) is 63.2. The summed E-state index contributed by atoms with van der Waals surface area (Å²) in [5, 5.41) is 41.6. The van der Waals surface area contributed by atoms with E-state index in [4.69, 9.17) is 23.4 Å². The summed E-state index contributed by atoms with van der Waals surface area (Å²) in [5.74, 6) is -0.581. The molecule has 394 valence electrons. The molecule has 6 rings (SSSR count). The predicted octanol–water partition coefficient (Wildman–Crippen LogP) is -2.01. The van der Waals surface area contributed by atoms with Crippen molar-refractivity contribution < 1.29 is 124 Å². The number of nitrogens with one attached hydrogen (secondary N) is 2. The smallest absolute Gasteiger partial charge is 0.858 e. The van der Waals surface area contributed by atoms with E-state index in [1.807, 2.05) is 18.2 Å². The fourth-order valence-electron chi connectivity index (χ4n) is 8.51. The topological polar surface area (TPSA) is 268 Å². The Bertz CT molecular complexity index is 3130. The van der Waals surface area contributed by atoms with E-state index in [2.05, 4.69) is 89.2 Å². The Morgan fingerprint density at radius 3 is 2.13 bits per heavy atom. The minimum Gasteiger partial charge on any atom is -0.858 e. The van der Waals surface area contributed by atoms with Gasteiger partial charge in [0.2, 0.25) is 11.6 Å². The van der Waals surface area contributed by atoms with Crippen LogP contribution in [0.1, 0.15) is 49.6 Å². The number of rotatable bonds is 27. The first-order chi connectivity index (χ1) is 34.9. The molecule has 0 aromatic heterocycles. The molecule has 0 spiro atoms. The molecule has 0 radical (unpaired) electrons. The van der Waals surface area contributed by atoms with E-state index < -0.39 is 43.6 Å². The number of nitrogens with zero attached hydrogens (tertiary/aromatic N) is 3. The van der Waals surface area contributed by atoms with Gasteiger partial charge >= 0.3 is 59.1 Å². The number of aliphatic imine (C=N–C) groups is 1. The number of fused-ring (bicyclic) bond motifs is 2. The van der Waals surface area contributed by atoms with Gasteiger partial charge < -0.3 is 58.8 Å². The number of hydrogen-bond donors (Lipinski definition) is 5. The number of aliphatic hydroxyl groups excluding tert-OH is 2. The fourth-order valence-corrected chi connectivity index (χ4v) is 9.93. The first-order valence-electron chi connectivity index (χ1n) is 23.9. The van der Waals surface area contributed by atoms with Crippen LogP contribution in [0.15, 0.2) is 106 Å². The van der Waals surface area contributed by atoms with Crippen LogP contribution in [0.3, 0.4) is 0 Å². The van der Waals surface area contributed by atoms with Crippen LogP contribution in [0.2, 0.25) is 0 Å². The Labute approximate surface area is 483 Å². The van der Waals surface area contributed by atoms with E-state index in [9.17, 15) is 41.3 Å². The van der Waals surface area contributed by atoms with Gasteiger partial charge in [0.1, 0.15) is 58.3 Å². The third-order valence-corrected chi connectivity index (χ3v) is 13.9. The molecule has 4 aromatic rings.